The Morgan fingerprint density at radius 3 is 2.59 bits per heavy atom. The van der Waals surface area contributed by atoms with E-state index in [1.807, 2.05) is 0 Å². The van der Waals surface area contributed by atoms with Gasteiger partial charge >= 0.3 is 0 Å². The van der Waals surface area contributed by atoms with Gasteiger partial charge in [0.05, 0.1) is 18.8 Å². The van der Waals surface area contributed by atoms with Gasteiger partial charge in [-0.15, -0.1) is 0 Å². The predicted molar refractivity (Wildman–Crippen MR) is 91.9 cm³/mol. The third-order valence-electron chi connectivity index (χ3n) is 5.67. The largest absolute Gasteiger partial charge is 0.389 e. The van der Waals surface area contributed by atoms with Crippen molar-refractivity contribution in [3.8, 4) is 0 Å². The molecule has 3 nitrogen and oxygen atoms in total. The second kappa shape index (κ2) is 8.65. The van der Waals surface area contributed by atoms with Gasteiger partial charge in [0.25, 0.3) is 0 Å². The highest BCUT2D eigenvalue weighted by molar-refractivity contribution is 4.82. The Morgan fingerprint density at radius 1 is 1.14 bits per heavy atom. The zero-order valence-electron chi connectivity index (χ0n) is 15.1. The highest BCUT2D eigenvalue weighted by Crippen LogP contribution is 2.35. The van der Waals surface area contributed by atoms with Gasteiger partial charge in [0.2, 0.25) is 0 Å². The van der Waals surface area contributed by atoms with Gasteiger partial charge in [0.1, 0.15) is 0 Å². The van der Waals surface area contributed by atoms with E-state index in [0.717, 1.165) is 37.9 Å². The lowest BCUT2D eigenvalue weighted by atomic mass is 9.75. The molecule has 5 atom stereocenters. The first-order chi connectivity index (χ1) is 10.5. The van der Waals surface area contributed by atoms with Gasteiger partial charge in [-0.25, -0.2) is 0 Å². The van der Waals surface area contributed by atoms with E-state index in [2.05, 4.69) is 32.6 Å². The molecule has 3 heteroatoms. The summed E-state index contributed by atoms with van der Waals surface area (Å²) in [7, 11) is 0. The van der Waals surface area contributed by atoms with Gasteiger partial charge in [-0.1, -0.05) is 34.1 Å². The quantitative estimate of drug-likeness (QED) is 0.814. The molecule has 0 amide bonds. The number of β-amino-alcohol motifs (C(OH)–C–C–N with tert-alkyl or cyclic N) is 1. The number of aliphatic hydroxyl groups excluding tert-OH is 1. The number of nitrogens with zero attached hydrogens (tertiary/aromatic N) is 1. The normalized spacial score (nSPS) is 35.7. The lowest BCUT2D eigenvalue weighted by Crippen LogP contribution is -2.42. The molecule has 130 valence electrons. The first-order valence-corrected chi connectivity index (χ1v) is 9.47. The van der Waals surface area contributed by atoms with Crippen LogP contribution in [0.5, 0.6) is 0 Å². The SMILES string of the molecule is CC(C)[C@@H]1CC[C@H](C)C[C@H]1OC[C@H](O)CN1CCC[C@H](C)C1. The van der Waals surface area contributed by atoms with Crippen molar-refractivity contribution in [2.24, 2.45) is 23.7 Å². The zero-order valence-corrected chi connectivity index (χ0v) is 15.1. The van der Waals surface area contributed by atoms with Crippen LogP contribution < -0.4 is 0 Å². The molecule has 0 aromatic heterocycles. The van der Waals surface area contributed by atoms with Crippen molar-refractivity contribution >= 4 is 0 Å². The highest BCUT2D eigenvalue weighted by Gasteiger charge is 2.32. The van der Waals surface area contributed by atoms with E-state index in [0.29, 0.717) is 24.5 Å². The molecule has 1 aliphatic carbocycles. The van der Waals surface area contributed by atoms with Crippen molar-refractivity contribution in [2.75, 3.05) is 26.2 Å². The first-order valence-electron chi connectivity index (χ1n) is 9.47. The summed E-state index contributed by atoms with van der Waals surface area (Å²) in [5, 5.41) is 10.3. The van der Waals surface area contributed by atoms with Crippen molar-refractivity contribution in [3.63, 3.8) is 0 Å². The molecule has 0 spiro atoms. The fraction of sp³-hybridized carbons (Fsp3) is 1.00. The lowest BCUT2D eigenvalue weighted by molar-refractivity contribution is -0.0751. The summed E-state index contributed by atoms with van der Waals surface area (Å²) in [4.78, 5) is 2.41. The summed E-state index contributed by atoms with van der Waals surface area (Å²) in [5.41, 5.74) is 0. The number of likely N-dealkylation sites (tertiary alicyclic amines) is 1. The summed E-state index contributed by atoms with van der Waals surface area (Å²) < 4.78 is 6.18. The minimum Gasteiger partial charge on any atom is -0.389 e. The second-order valence-corrected chi connectivity index (χ2v) is 8.36. The van der Waals surface area contributed by atoms with Gasteiger partial charge in [-0.3, -0.25) is 0 Å². The minimum atomic E-state index is -0.338. The van der Waals surface area contributed by atoms with Crippen LogP contribution in [0.4, 0.5) is 0 Å². The maximum absolute atomic E-state index is 10.3. The molecular formula is C19H37NO2. The number of piperidine rings is 1. The van der Waals surface area contributed by atoms with E-state index in [1.165, 1.54) is 25.7 Å². The maximum Gasteiger partial charge on any atom is 0.0900 e. The lowest BCUT2D eigenvalue weighted by Gasteiger charge is -2.38. The molecule has 1 aliphatic heterocycles. The van der Waals surface area contributed by atoms with Gasteiger partial charge in [0.15, 0.2) is 0 Å². The van der Waals surface area contributed by atoms with Crippen LogP contribution in [0.1, 0.15) is 59.8 Å². The van der Waals surface area contributed by atoms with Crippen molar-refractivity contribution in [1.29, 1.82) is 0 Å². The van der Waals surface area contributed by atoms with Crippen LogP contribution in [0.25, 0.3) is 0 Å². The molecule has 2 rings (SSSR count). The van der Waals surface area contributed by atoms with E-state index in [1.54, 1.807) is 0 Å². The molecule has 1 saturated carbocycles. The van der Waals surface area contributed by atoms with Gasteiger partial charge in [0, 0.05) is 13.1 Å². The van der Waals surface area contributed by atoms with Crippen LogP contribution in [-0.2, 0) is 4.74 Å². The Hall–Kier alpha value is -0.120. The monoisotopic (exact) mass is 311 g/mol. The third kappa shape index (κ3) is 5.50. The third-order valence-corrected chi connectivity index (χ3v) is 5.67. The average molecular weight is 312 g/mol. The number of aliphatic hydroxyl groups is 1. The Balaban J connectivity index is 1.75. The smallest absolute Gasteiger partial charge is 0.0900 e. The minimum absolute atomic E-state index is 0.338. The fourth-order valence-corrected chi connectivity index (χ4v) is 4.34. The molecular weight excluding hydrogens is 274 g/mol. The van der Waals surface area contributed by atoms with Crippen LogP contribution >= 0.6 is 0 Å². The summed E-state index contributed by atoms with van der Waals surface area (Å²) in [6.07, 6.45) is 6.38. The van der Waals surface area contributed by atoms with E-state index in [9.17, 15) is 5.11 Å². The average Bonchev–Trinajstić information content (AvgIpc) is 2.45. The Bertz CT molecular complexity index is 321. The molecule has 0 aromatic rings. The second-order valence-electron chi connectivity index (χ2n) is 8.36. The standard InChI is InChI=1S/C19H37NO2/c1-14(2)18-8-7-15(3)10-19(18)22-13-17(21)12-20-9-5-6-16(4)11-20/h14-19,21H,5-13H2,1-4H3/t15-,16-,17+,18-,19+/m0/s1. The zero-order chi connectivity index (χ0) is 16.1. The van der Waals surface area contributed by atoms with Gasteiger partial charge in [-0.05, 0) is 55.9 Å². The first kappa shape index (κ1) is 18.2. The molecule has 0 unspecified atom stereocenters. The predicted octanol–water partition coefficient (Wildman–Crippen LogP) is 3.56. The molecule has 0 bridgehead atoms. The summed E-state index contributed by atoms with van der Waals surface area (Å²) in [6, 6.07) is 0. The van der Waals surface area contributed by atoms with E-state index >= 15 is 0 Å². The van der Waals surface area contributed by atoms with Crippen LogP contribution in [0.15, 0.2) is 0 Å². The Kier molecular flexibility index (Phi) is 7.17. The molecule has 1 N–H and O–H groups in total. The Labute approximate surface area is 137 Å². The summed E-state index contributed by atoms with van der Waals surface area (Å²) in [5.74, 6) is 2.88. The molecule has 1 saturated heterocycles. The number of hydrogen-bond acceptors (Lipinski definition) is 3. The molecule has 2 aliphatic rings. The van der Waals surface area contributed by atoms with Crippen molar-refractivity contribution in [3.05, 3.63) is 0 Å². The number of rotatable bonds is 6. The van der Waals surface area contributed by atoms with Crippen molar-refractivity contribution < 1.29 is 9.84 Å². The summed E-state index contributed by atoms with van der Waals surface area (Å²) in [6.45, 7) is 12.8. The van der Waals surface area contributed by atoms with Crippen molar-refractivity contribution in [1.82, 2.24) is 4.90 Å². The van der Waals surface area contributed by atoms with Gasteiger partial charge in [-0.2, -0.15) is 0 Å². The van der Waals surface area contributed by atoms with Gasteiger partial charge < -0.3 is 14.7 Å². The molecule has 2 fully saturated rings. The van der Waals surface area contributed by atoms with E-state index in [-0.39, 0.29) is 6.10 Å². The van der Waals surface area contributed by atoms with Crippen LogP contribution in [-0.4, -0.2) is 48.5 Å². The molecule has 1 heterocycles. The number of hydrogen-bond donors (Lipinski definition) is 1. The van der Waals surface area contributed by atoms with Crippen LogP contribution in [0.2, 0.25) is 0 Å². The van der Waals surface area contributed by atoms with E-state index in [4.69, 9.17) is 4.74 Å². The molecule has 22 heavy (non-hydrogen) atoms. The Morgan fingerprint density at radius 2 is 1.91 bits per heavy atom. The maximum atomic E-state index is 10.3. The summed E-state index contributed by atoms with van der Waals surface area (Å²) >= 11 is 0. The topological polar surface area (TPSA) is 32.7 Å². The highest BCUT2D eigenvalue weighted by atomic mass is 16.5. The number of ether oxygens (including phenoxy) is 1. The molecule has 0 aromatic carbocycles. The molecule has 0 radical (unpaired) electrons. The van der Waals surface area contributed by atoms with Crippen molar-refractivity contribution in [2.45, 2.75) is 72.0 Å². The van der Waals surface area contributed by atoms with E-state index < -0.39 is 0 Å². The van der Waals surface area contributed by atoms with Crippen LogP contribution in [0, 0.1) is 23.7 Å². The fourth-order valence-electron chi connectivity index (χ4n) is 4.34. The van der Waals surface area contributed by atoms with Crippen LogP contribution in [0.3, 0.4) is 0 Å².